The number of amides is 1. The number of fused-ring (bicyclic) bond motifs is 1. The molecule has 2 aromatic rings. The van der Waals surface area contributed by atoms with E-state index in [1.165, 1.54) is 0 Å². The fourth-order valence-corrected chi connectivity index (χ4v) is 4.72. The molecule has 1 aromatic heterocycles. The van der Waals surface area contributed by atoms with Crippen LogP contribution in [0, 0.1) is 0 Å². The first-order valence-electron chi connectivity index (χ1n) is 10.5. The Morgan fingerprint density at radius 1 is 1.14 bits per heavy atom. The third kappa shape index (κ3) is 3.87. The Hall–Kier alpha value is -1.72. The first-order chi connectivity index (χ1) is 13.8. The van der Waals surface area contributed by atoms with Gasteiger partial charge in [-0.15, -0.1) is 0 Å². The number of benzene rings is 1. The van der Waals surface area contributed by atoms with Crippen molar-refractivity contribution in [3.63, 3.8) is 0 Å². The molecule has 158 valence electrons. The molecule has 0 saturated carbocycles. The summed E-state index contributed by atoms with van der Waals surface area (Å²) in [6.07, 6.45) is 4.74. The molecule has 1 aliphatic heterocycles. The predicted molar refractivity (Wildman–Crippen MR) is 121 cm³/mol. The summed E-state index contributed by atoms with van der Waals surface area (Å²) in [5.74, 6) is 1.66. The van der Waals surface area contributed by atoms with Crippen molar-refractivity contribution in [2.75, 3.05) is 11.9 Å². The van der Waals surface area contributed by atoms with Crippen LogP contribution in [0.3, 0.4) is 0 Å². The van der Waals surface area contributed by atoms with E-state index < -0.39 is 0 Å². The number of hydrogen-bond donors (Lipinski definition) is 0. The molecule has 0 bridgehead atoms. The average Bonchev–Trinajstić information content (AvgIpc) is 3.07. The molecule has 0 spiro atoms. The lowest BCUT2D eigenvalue weighted by atomic mass is 10.0. The van der Waals surface area contributed by atoms with Gasteiger partial charge >= 0.3 is 0 Å². The van der Waals surface area contributed by atoms with Crippen LogP contribution in [0.15, 0.2) is 18.2 Å². The standard InChI is InChI=1S/C22H30Cl2N4O/c1-6-9-16(10-7-2)28-19(8-3)25-21-20(28)22(29)26(5)14(4)27(21)18-12-11-15(23)13-17(18)24/h11-14,16H,6-10H2,1-5H3. The highest BCUT2D eigenvalue weighted by Gasteiger charge is 2.40. The third-order valence-corrected chi connectivity index (χ3v) is 6.28. The van der Waals surface area contributed by atoms with Crippen molar-refractivity contribution in [2.24, 2.45) is 0 Å². The maximum Gasteiger partial charge on any atom is 0.275 e. The van der Waals surface area contributed by atoms with Gasteiger partial charge in [-0.25, -0.2) is 4.98 Å². The molecule has 7 heteroatoms. The lowest BCUT2D eigenvalue weighted by Crippen LogP contribution is -2.50. The van der Waals surface area contributed by atoms with Crippen molar-refractivity contribution in [3.05, 3.63) is 39.8 Å². The van der Waals surface area contributed by atoms with Crippen LogP contribution >= 0.6 is 23.2 Å². The zero-order chi connectivity index (χ0) is 21.3. The molecule has 1 unspecified atom stereocenters. The van der Waals surface area contributed by atoms with Crippen LogP contribution in [0.25, 0.3) is 0 Å². The Bertz CT molecular complexity index is 889. The van der Waals surface area contributed by atoms with E-state index in [4.69, 9.17) is 28.2 Å². The van der Waals surface area contributed by atoms with Crippen LogP contribution in [0.5, 0.6) is 0 Å². The number of anilines is 2. The minimum absolute atomic E-state index is 0.0123. The summed E-state index contributed by atoms with van der Waals surface area (Å²) in [6.45, 7) is 8.46. The quantitative estimate of drug-likeness (QED) is 0.499. The van der Waals surface area contributed by atoms with Crippen LogP contribution in [0.2, 0.25) is 10.0 Å². The van der Waals surface area contributed by atoms with Gasteiger partial charge in [-0.05, 0) is 38.0 Å². The molecule has 3 rings (SSSR count). The number of nitrogens with zero attached hydrogens (tertiary/aromatic N) is 4. The molecule has 0 aliphatic carbocycles. The lowest BCUT2D eigenvalue weighted by Gasteiger charge is -2.41. The Labute approximate surface area is 183 Å². The van der Waals surface area contributed by atoms with Crippen LogP contribution < -0.4 is 4.90 Å². The summed E-state index contributed by atoms with van der Waals surface area (Å²) in [4.78, 5) is 22.2. The van der Waals surface area contributed by atoms with Crippen LogP contribution in [0.4, 0.5) is 11.5 Å². The summed E-state index contributed by atoms with van der Waals surface area (Å²) in [7, 11) is 1.84. The van der Waals surface area contributed by atoms with Gasteiger partial charge in [0.05, 0.1) is 10.7 Å². The summed E-state index contributed by atoms with van der Waals surface area (Å²) in [5, 5.41) is 1.13. The SMILES string of the molecule is CCCC(CCC)n1c(CC)nc2c1C(=O)N(C)C(C)N2c1ccc(Cl)cc1Cl. The Morgan fingerprint density at radius 2 is 1.79 bits per heavy atom. The molecule has 0 N–H and O–H groups in total. The largest absolute Gasteiger partial charge is 0.320 e. The molecule has 1 amide bonds. The molecule has 1 atom stereocenters. The van der Waals surface area contributed by atoms with E-state index in [1.54, 1.807) is 11.0 Å². The number of imidazole rings is 1. The van der Waals surface area contributed by atoms with Crippen molar-refractivity contribution < 1.29 is 4.79 Å². The van der Waals surface area contributed by atoms with E-state index in [0.717, 1.165) is 43.6 Å². The average molecular weight is 437 g/mol. The lowest BCUT2D eigenvalue weighted by molar-refractivity contribution is 0.0715. The molecular weight excluding hydrogens is 407 g/mol. The number of carbonyl (C=O) groups is 1. The molecule has 0 fully saturated rings. The first-order valence-corrected chi connectivity index (χ1v) is 11.2. The number of hydrogen-bond acceptors (Lipinski definition) is 3. The normalized spacial score (nSPS) is 16.7. The van der Waals surface area contributed by atoms with E-state index in [-0.39, 0.29) is 18.1 Å². The van der Waals surface area contributed by atoms with Gasteiger partial charge in [0, 0.05) is 24.5 Å². The second-order valence-corrected chi connectivity index (χ2v) is 8.51. The zero-order valence-corrected chi connectivity index (χ0v) is 19.4. The predicted octanol–water partition coefficient (Wildman–Crippen LogP) is 6.46. The van der Waals surface area contributed by atoms with E-state index in [1.807, 2.05) is 26.1 Å². The van der Waals surface area contributed by atoms with Gasteiger partial charge in [0.15, 0.2) is 11.5 Å². The fraction of sp³-hybridized carbons (Fsp3) is 0.545. The number of halogens is 2. The van der Waals surface area contributed by atoms with Crippen molar-refractivity contribution >= 4 is 40.6 Å². The maximum absolute atomic E-state index is 13.4. The fourth-order valence-electron chi connectivity index (χ4n) is 4.22. The number of aryl methyl sites for hydroxylation is 1. The third-order valence-electron chi connectivity index (χ3n) is 5.75. The molecule has 1 aliphatic rings. The van der Waals surface area contributed by atoms with Gasteiger partial charge in [0.25, 0.3) is 5.91 Å². The summed E-state index contributed by atoms with van der Waals surface area (Å²) >= 11 is 12.7. The van der Waals surface area contributed by atoms with Gasteiger partial charge in [0.2, 0.25) is 0 Å². The zero-order valence-electron chi connectivity index (χ0n) is 17.9. The van der Waals surface area contributed by atoms with Gasteiger partial charge in [0.1, 0.15) is 12.0 Å². The van der Waals surface area contributed by atoms with E-state index in [2.05, 4.69) is 30.2 Å². The first kappa shape index (κ1) is 22.0. The van der Waals surface area contributed by atoms with E-state index >= 15 is 0 Å². The van der Waals surface area contributed by atoms with E-state index in [0.29, 0.717) is 21.6 Å². The highest BCUT2D eigenvalue weighted by atomic mass is 35.5. The molecule has 1 aromatic carbocycles. The van der Waals surface area contributed by atoms with Crippen molar-refractivity contribution in [3.8, 4) is 0 Å². The molecule has 29 heavy (non-hydrogen) atoms. The number of carbonyl (C=O) groups excluding carboxylic acids is 1. The molecule has 2 heterocycles. The molecule has 5 nitrogen and oxygen atoms in total. The van der Waals surface area contributed by atoms with Gasteiger partial charge in [-0.3, -0.25) is 4.79 Å². The topological polar surface area (TPSA) is 41.4 Å². The summed E-state index contributed by atoms with van der Waals surface area (Å²) in [6, 6.07) is 5.72. The van der Waals surface area contributed by atoms with Crippen LogP contribution in [0.1, 0.15) is 75.7 Å². The smallest absolute Gasteiger partial charge is 0.275 e. The second kappa shape index (κ2) is 8.97. The van der Waals surface area contributed by atoms with Gasteiger partial charge < -0.3 is 14.4 Å². The molecular formula is C22H30Cl2N4O. The minimum Gasteiger partial charge on any atom is -0.320 e. The highest BCUT2D eigenvalue weighted by molar-refractivity contribution is 6.36. The van der Waals surface area contributed by atoms with Crippen molar-refractivity contribution in [1.82, 2.24) is 14.5 Å². The van der Waals surface area contributed by atoms with E-state index in [9.17, 15) is 4.79 Å². The Balaban J connectivity index is 2.25. The van der Waals surface area contributed by atoms with Gasteiger partial charge in [-0.2, -0.15) is 0 Å². The van der Waals surface area contributed by atoms with Crippen LogP contribution in [-0.2, 0) is 6.42 Å². The Morgan fingerprint density at radius 3 is 2.34 bits per heavy atom. The maximum atomic E-state index is 13.4. The monoisotopic (exact) mass is 436 g/mol. The van der Waals surface area contributed by atoms with Crippen molar-refractivity contribution in [1.29, 1.82) is 0 Å². The second-order valence-electron chi connectivity index (χ2n) is 7.67. The Kier molecular flexibility index (Phi) is 6.79. The summed E-state index contributed by atoms with van der Waals surface area (Å²) < 4.78 is 2.20. The number of aromatic nitrogens is 2. The van der Waals surface area contributed by atoms with Crippen molar-refractivity contribution in [2.45, 2.75) is 72.0 Å². The number of rotatable bonds is 7. The van der Waals surface area contributed by atoms with Gasteiger partial charge in [-0.1, -0.05) is 56.8 Å². The molecule has 0 radical (unpaired) electrons. The molecule has 0 saturated heterocycles. The van der Waals surface area contributed by atoms with Crippen LogP contribution in [-0.4, -0.2) is 33.6 Å². The highest BCUT2D eigenvalue weighted by Crippen LogP contribution is 2.42. The summed E-state index contributed by atoms with van der Waals surface area (Å²) in [5.41, 5.74) is 1.47. The minimum atomic E-state index is -0.211.